The summed E-state index contributed by atoms with van der Waals surface area (Å²) >= 11 is 0. The minimum Gasteiger partial charge on any atom is -0.494 e. The molecule has 0 aliphatic carbocycles. The van der Waals surface area contributed by atoms with Crippen LogP contribution in [0.5, 0.6) is 11.5 Å². The lowest BCUT2D eigenvalue weighted by atomic mass is 10.0. The van der Waals surface area contributed by atoms with Crippen molar-refractivity contribution in [2.45, 2.75) is 25.7 Å². The van der Waals surface area contributed by atoms with E-state index in [1.165, 1.54) is 0 Å². The minimum atomic E-state index is -0.497. The number of carbonyl (C=O) groups excluding carboxylic acids is 2. The molecule has 0 saturated heterocycles. The number of ether oxygens (including phenoxy) is 3. The normalized spacial score (nSPS) is 10.9. The third-order valence-corrected chi connectivity index (χ3v) is 6.83. The van der Waals surface area contributed by atoms with Crippen molar-refractivity contribution in [3.8, 4) is 22.6 Å². The second-order valence-electron chi connectivity index (χ2n) is 9.72. The highest BCUT2D eigenvalue weighted by atomic mass is 16.5. The number of unbranched alkanes of at least 4 members (excludes halogenated alkanes) is 3. The van der Waals surface area contributed by atoms with Crippen molar-refractivity contribution in [2.24, 2.45) is 0 Å². The average molecular weight is 563 g/mol. The number of hydrogen-bond acceptors (Lipinski definition) is 7. The Balaban J connectivity index is 1.14. The summed E-state index contributed by atoms with van der Waals surface area (Å²) in [7, 11) is 0. The number of fused-ring (bicyclic) bond motifs is 3. The van der Waals surface area contributed by atoms with Gasteiger partial charge in [-0.1, -0.05) is 49.0 Å². The van der Waals surface area contributed by atoms with Gasteiger partial charge in [-0.3, -0.25) is 0 Å². The van der Waals surface area contributed by atoms with E-state index in [4.69, 9.17) is 18.6 Å². The van der Waals surface area contributed by atoms with Gasteiger partial charge in [-0.25, -0.2) is 14.4 Å². The predicted molar refractivity (Wildman–Crippen MR) is 162 cm³/mol. The lowest BCUT2D eigenvalue weighted by Crippen LogP contribution is -2.08. The second kappa shape index (κ2) is 13.5. The van der Waals surface area contributed by atoms with Crippen LogP contribution in [0.2, 0.25) is 0 Å². The van der Waals surface area contributed by atoms with E-state index in [1.807, 2.05) is 36.4 Å². The summed E-state index contributed by atoms with van der Waals surface area (Å²) in [6.45, 7) is 4.31. The summed E-state index contributed by atoms with van der Waals surface area (Å²) in [5, 5.41) is 2.92. The zero-order valence-electron chi connectivity index (χ0n) is 23.0. The van der Waals surface area contributed by atoms with Gasteiger partial charge in [0.15, 0.2) is 0 Å². The molecule has 1 heterocycles. The number of esters is 2. The summed E-state index contributed by atoms with van der Waals surface area (Å²) in [4.78, 5) is 36.4. The van der Waals surface area contributed by atoms with Gasteiger partial charge in [0, 0.05) is 11.5 Å². The number of rotatable bonds is 12. The fraction of sp³-hybridized carbons (Fsp3) is 0.171. The van der Waals surface area contributed by atoms with Crippen LogP contribution in [0.1, 0.15) is 36.0 Å². The Morgan fingerprint density at radius 3 is 2.24 bits per heavy atom. The van der Waals surface area contributed by atoms with Gasteiger partial charge < -0.3 is 18.6 Å². The van der Waals surface area contributed by atoms with E-state index in [0.29, 0.717) is 47.0 Å². The van der Waals surface area contributed by atoms with Crippen LogP contribution in [0.15, 0.2) is 113 Å². The summed E-state index contributed by atoms with van der Waals surface area (Å²) in [6.07, 6.45) is 4.72. The van der Waals surface area contributed by atoms with Crippen LogP contribution in [0.25, 0.3) is 32.9 Å². The number of carbonyl (C=O) groups is 2. The highest BCUT2D eigenvalue weighted by Crippen LogP contribution is 2.29. The third kappa shape index (κ3) is 6.93. The maximum absolute atomic E-state index is 12.7. The number of benzene rings is 4. The van der Waals surface area contributed by atoms with E-state index in [1.54, 1.807) is 54.6 Å². The molecule has 0 radical (unpaired) electrons. The van der Waals surface area contributed by atoms with Gasteiger partial charge in [0.2, 0.25) is 0 Å². The molecule has 1 aromatic heterocycles. The van der Waals surface area contributed by atoms with Crippen molar-refractivity contribution in [3.63, 3.8) is 0 Å². The molecule has 0 atom stereocenters. The van der Waals surface area contributed by atoms with E-state index in [-0.39, 0.29) is 0 Å². The Kier molecular flexibility index (Phi) is 9.09. The molecule has 0 saturated carbocycles. The molecule has 7 nitrogen and oxygen atoms in total. The molecule has 0 N–H and O–H groups in total. The Morgan fingerprint density at radius 1 is 0.762 bits per heavy atom. The minimum absolute atomic E-state index is 0.360. The molecule has 0 bridgehead atoms. The molecule has 7 heteroatoms. The molecule has 212 valence electrons. The Morgan fingerprint density at radius 2 is 1.48 bits per heavy atom. The Labute approximate surface area is 242 Å². The summed E-state index contributed by atoms with van der Waals surface area (Å²) < 4.78 is 21.8. The molecule has 5 rings (SSSR count). The van der Waals surface area contributed by atoms with Crippen molar-refractivity contribution in [3.05, 3.63) is 120 Å². The molecule has 0 fully saturated rings. The van der Waals surface area contributed by atoms with Crippen LogP contribution in [0.4, 0.5) is 0 Å². The lowest BCUT2D eigenvalue weighted by Gasteiger charge is -2.09. The van der Waals surface area contributed by atoms with E-state index in [9.17, 15) is 14.4 Å². The first kappa shape index (κ1) is 28.4. The van der Waals surface area contributed by atoms with Crippen LogP contribution >= 0.6 is 0 Å². The lowest BCUT2D eigenvalue weighted by molar-refractivity contribution is -0.137. The van der Waals surface area contributed by atoms with Gasteiger partial charge in [-0.15, -0.1) is 0 Å². The standard InChI is InChI=1S/C35H30O7/c1-2-33(36)40-22-8-4-3-7-21-39-27-16-13-26(14-17-27)34(37)41-28-18-11-25(12-19-28)30-23-31-29-10-6-5-9-24(29)15-20-32(31)42-35(30)38/h2,5-6,9-20,23H,1,3-4,7-8,21-22H2. The number of hydrogen-bond donors (Lipinski definition) is 0. The maximum Gasteiger partial charge on any atom is 0.344 e. The van der Waals surface area contributed by atoms with E-state index in [0.717, 1.165) is 47.9 Å². The second-order valence-corrected chi connectivity index (χ2v) is 9.72. The molecule has 0 unspecified atom stereocenters. The van der Waals surface area contributed by atoms with E-state index in [2.05, 4.69) is 6.58 Å². The molecule has 4 aromatic carbocycles. The highest BCUT2D eigenvalue weighted by Gasteiger charge is 2.12. The first-order valence-corrected chi connectivity index (χ1v) is 13.8. The van der Waals surface area contributed by atoms with Gasteiger partial charge in [0.05, 0.1) is 24.3 Å². The van der Waals surface area contributed by atoms with Crippen molar-refractivity contribution in [1.29, 1.82) is 0 Å². The molecule has 0 aliphatic heterocycles. The van der Waals surface area contributed by atoms with E-state index < -0.39 is 17.6 Å². The third-order valence-electron chi connectivity index (χ3n) is 6.83. The molecule has 42 heavy (non-hydrogen) atoms. The maximum atomic E-state index is 12.7. The molecular formula is C35H30O7. The molecule has 0 aliphatic rings. The zero-order valence-corrected chi connectivity index (χ0v) is 23.0. The van der Waals surface area contributed by atoms with Crippen LogP contribution in [-0.4, -0.2) is 25.2 Å². The highest BCUT2D eigenvalue weighted by molar-refractivity contribution is 6.06. The van der Waals surface area contributed by atoms with Crippen molar-refractivity contribution < 1.29 is 28.2 Å². The molecule has 5 aromatic rings. The predicted octanol–water partition coefficient (Wildman–Crippen LogP) is 7.50. The zero-order chi connectivity index (χ0) is 29.3. The SMILES string of the molecule is C=CC(=O)OCCCCCCOc1ccc(C(=O)Oc2ccc(-c3cc4c(ccc5ccccc54)oc3=O)cc2)cc1. The Hall–Kier alpha value is -5.17. The van der Waals surface area contributed by atoms with E-state index >= 15 is 0 Å². The Bertz CT molecular complexity index is 1770. The van der Waals surface area contributed by atoms with Crippen LogP contribution in [0, 0.1) is 0 Å². The van der Waals surface area contributed by atoms with Gasteiger partial charge in [0.25, 0.3) is 0 Å². The topological polar surface area (TPSA) is 92.0 Å². The van der Waals surface area contributed by atoms with Gasteiger partial charge in [-0.2, -0.15) is 0 Å². The summed E-state index contributed by atoms with van der Waals surface area (Å²) in [5.74, 6) is 0.130. The first-order valence-electron chi connectivity index (χ1n) is 13.8. The quantitative estimate of drug-likeness (QED) is 0.0388. The van der Waals surface area contributed by atoms with Gasteiger partial charge >= 0.3 is 17.6 Å². The summed E-state index contributed by atoms with van der Waals surface area (Å²) in [5.41, 5.74) is 1.58. The fourth-order valence-corrected chi connectivity index (χ4v) is 4.61. The monoisotopic (exact) mass is 562 g/mol. The van der Waals surface area contributed by atoms with Crippen LogP contribution in [-0.2, 0) is 9.53 Å². The molecule has 0 spiro atoms. The van der Waals surface area contributed by atoms with Crippen molar-refractivity contribution >= 4 is 33.7 Å². The smallest absolute Gasteiger partial charge is 0.344 e. The van der Waals surface area contributed by atoms with Gasteiger partial charge in [-0.05, 0) is 90.6 Å². The largest absolute Gasteiger partial charge is 0.494 e. The summed E-state index contributed by atoms with van der Waals surface area (Å²) in [6, 6.07) is 27.1. The van der Waals surface area contributed by atoms with Crippen molar-refractivity contribution in [1.82, 2.24) is 0 Å². The van der Waals surface area contributed by atoms with Crippen LogP contribution in [0.3, 0.4) is 0 Å². The first-order chi connectivity index (χ1) is 20.5. The van der Waals surface area contributed by atoms with Gasteiger partial charge in [0.1, 0.15) is 17.1 Å². The molecule has 0 amide bonds. The fourth-order valence-electron chi connectivity index (χ4n) is 4.61. The van der Waals surface area contributed by atoms with Crippen molar-refractivity contribution in [2.75, 3.05) is 13.2 Å². The van der Waals surface area contributed by atoms with Crippen LogP contribution < -0.4 is 15.1 Å². The molecular weight excluding hydrogens is 532 g/mol. The average Bonchev–Trinajstić information content (AvgIpc) is 3.02.